The summed E-state index contributed by atoms with van der Waals surface area (Å²) in [4.78, 5) is 1.78. The van der Waals surface area contributed by atoms with E-state index in [2.05, 4.69) is 32.7 Å². The van der Waals surface area contributed by atoms with Gasteiger partial charge in [-0.15, -0.1) is 0 Å². The van der Waals surface area contributed by atoms with E-state index < -0.39 is 6.30 Å². The topological polar surface area (TPSA) is 3.24 Å². The first kappa shape index (κ1) is 15.4. The van der Waals surface area contributed by atoms with Gasteiger partial charge in [0.1, 0.15) is 0 Å². The van der Waals surface area contributed by atoms with E-state index in [1.165, 1.54) is 10.9 Å². The van der Waals surface area contributed by atoms with E-state index in [0.717, 1.165) is 27.1 Å². The van der Waals surface area contributed by atoms with E-state index >= 15 is 0 Å². The second-order valence-electron chi connectivity index (χ2n) is 4.91. The maximum atomic E-state index is 14.1. The maximum Gasteiger partial charge on any atom is 0.175 e. The number of nitrogens with zero attached hydrogens (tertiary/aromatic N) is 1. The summed E-state index contributed by atoms with van der Waals surface area (Å²) in [6.45, 7) is 8.46. The molecule has 102 valence electrons. The minimum atomic E-state index is -0.872. The molecule has 18 heavy (non-hydrogen) atoms. The fraction of sp³-hybridized carbons (Fsp3) is 0.600. The third-order valence-electron chi connectivity index (χ3n) is 3.51. The molecule has 0 aliphatic carbocycles. The smallest absolute Gasteiger partial charge is 0.175 e. The van der Waals surface area contributed by atoms with Crippen LogP contribution in [0.3, 0.4) is 0 Å². The highest BCUT2D eigenvalue weighted by molar-refractivity contribution is 7.42. The quantitative estimate of drug-likeness (QED) is 0.531. The first-order valence-electron chi connectivity index (χ1n) is 6.64. The minimum absolute atomic E-state index is 0.0728. The van der Waals surface area contributed by atoms with E-state index in [0.29, 0.717) is 0 Å². The van der Waals surface area contributed by atoms with Gasteiger partial charge in [-0.25, -0.2) is 4.39 Å². The number of alkyl halides is 1. The predicted octanol–water partition coefficient (Wildman–Crippen LogP) is 4.69. The summed E-state index contributed by atoms with van der Waals surface area (Å²) in [5, 5.41) is 1.40. The van der Waals surface area contributed by atoms with E-state index in [1.807, 2.05) is 20.0 Å². The summed E-state index contributed by atoms with van der Waals surface area (Å²) in [5.74, 6) is 0.0728. The van der Waals surface area contributed by atoms with Crippen LogP contribution in [0.15, 0.2) is 34.8 Å². The van der Waals surface area contributed by atoms with Gasteiger partial charge in [-0.2, -0.15) is 0 Å². The highest BCUT2D eigenvalue weighted by atomic mass is 31.1. The molecule has 3 heteroatoms. The van der Waals surface area contributed by atoms with Crippen molar-refractivity contribution in [3.8, 4) is 0 Å². The molecule has 1 nitrogen and oxygen atoms in total. The Balaban J connectivity index is 3.13. The molecule has 1 aliphatic rings. The zero-order chi connectivity index (χ0) is 13.7. The minimum Gasteiger partial charge on any atom is -0.345 e. The zero-order valence-electron chi connectivity index (χ0n) is 12.1. The second kappa shape index (κ2) is 7.09. The molecule has 1 fully saturated rings. The van der Waals surface area contributed by atoms with Gasteiger partial charge in [-0.1, -0.05) is 34.6 Å². The summed E-state index contributed by atoms with van der Waals surface area (Å²) in [6, 6.07) is 0. The number of rotatable bonds is 3. The van der Waals surface area contributed by atoms with Crippen LogP contribution >= 0.6 is 8.58 Å². The lowest BCUT2D eigenvalue weighted by atomic mass is 9.91. The molecule has 0 aromatic heterocycles. The Kier molecular flexibility index (Phi) is 6.08. The van der Waals surface area contributed by atoms with Crippen molar-refractivity contribution < 1.29 is 4.39 Å². The fourth-order valence-corrected chi connectivity index (χ4v) is 2.79. The Morgan fingerprint density at radius 1 is 1.56 bits per heavy atom. The fourth-order valence-electron chi connectivity index (χ4n) is 2.26. The Labute approximate surface area is 113 Å². The standard InChI is InChI=1S/C15H25FNP/c1-6-7-8-9-14-13(12(3)18-5)10-11(2)15(16)17(14)4/h7-9,11,15,18H,6,10H2,1-5H3/b8-7+,13-12+,14-9+/t11-,15-/m1/s1. The molecular weight excluding hydrogens is 244 g/mol. The lowest BCUT2D eigenvalue weighted by Crippen LogP contribution is -2.38. The highest BCUT2D eigenvalue weighted by Gasteiger charge is 2.31. The van der Waals surface area contributed by atoms with Crippen molar-refractivity contribution in [2.45, 2.75) is 39.9 Å². The molecule has 0 amide bonds. The molecule has 0 aromatic rings. The van der Waals surface area contributed by atoms with Crippen molar-refractivity contribution in [3.05, 3.63) is 34.8 Å². The Morgan fingerprint density at radius 3 is 2.78 bits per heavy atom. The lowest BCUT2D eigenvalue weighted by Gasteiger charge is -2.38. The third-order valence-corrected chi connectivity index (χ3v) is 4.56. The van der Waals surface area contributed by atoms with Crippen LogP contribution in [0.4, 0.5) is 4.39 Å². The van der Waals surface area contributed by atoms with Crippen LogP contribution in [-0.4, -0.2) is 24.9 Å². The first-order chi connectivity index (χ1) is 8.52. The molecule has 1 saturated heterocycles. The molecule has 1 heterocycles. The normalized spacial score (nSPS) is 31.0. The molecule has 1 unspecified atom stereocenters. The molecule has 0 aromatic carbocycles. The Hall–Kier alpha value is -0.620. The number of likely N-dealkylation sites (tertiary alicyclic amines) is 1. The van der Waals surface area contributed by atoms with Crippen molar-refractivity contribution in [3.63, 3.8) is 0 Å². The van der Waals surface area contributed by atoms with Crippen LogP contribution < -0.4 is 0 Å². The number of likely N-dealkylation sites (N-methyl/N-ethyl adjacent to an activating group) is 1. The van der Waals surface area contributed by atoms with Crippen LogP contribution in [0.5, 0.6) is 0 Å². The largest absolute Gasteiger partial charge is 0.345 e. The van der Waals surface area contributed by atoms with E-state index in [4.69, 9.17) is 0 Å². The Morgan fingerprint density at radius 2 is 2.22 bits per heavy atom. The average Bonchev–Trinajstić information content (AvgIpc) is 2.37. The molecule has 1 aliphatic heterocycles. The molecule has 0 radical (unpaired) electrons. The van der Waals surface area contributed by atoms with Crippen molar-refractivity contribution in [2.24, 2.45) is 5.92 Å². The van der Waals surface area contributed by atoms with Crippen LogP contribution in [0, 0.1) is 5.92 Å². The molecule has 0 bridgehead atoms. The molecule has 0 spiro atoms. The molecule has 0 N–H and O–H groups in total. The van der Waals surface area contributed by atoms with Crippen molar-refractivity contribution >= 4 is 8.58 Å². The van der Waals surface area contributed by atoms with Gasteiger partial charge in [0.15, 0.2) is 6.30 Å². The lowest BCUT2D eigenvalue weighted by molar-refractivity contribution is 0.0728. The van der Waals surface area contributed by atoms with Gasteiger partial charge < -0.3 is 4.90 Å². The second-order valence-corrected chi connectivity index (χ2v) is 6.16. The van der Waals surface area contributed by atoms with Gasteiger partial charge in [-0.05, 0) is 43.4 Å². The van der Waals surface area contributed by atoms with Gasteiger partial charge >= 0.3 is 0 Å². The number of allylic oxidation sites excluding steroid dienone is 5. The van der Waals surface area contributed by atoms with E-state index in [-0.39, 0.29) is 5.92 Å². The Bertz CT molecular complexity index is 371. The van der Waals surface area contributed by atoms with Gasteiger partial charge in [0.05, 0.1) is 0 Å². The predicted molar refractivity (Wildman–Crippen MR) is 80.9 cm³/mol. The summed E-state index contributed by atoms with van der Waals surface area (Å²) >= 11 is 0. The van der Waals surface area contributed by atoms with Gasteiger partial charge in [-0.3, -0.25) is 0 Å². The molecule has 3 atom stereocenters. The molecule has 0 saturated carbocycles. The monoisotopic (exact) mass is 269 g/mol. The third kappa shape index (κ3) is 3.45. The van der Waals surface area contributed by atoms with E-state index in [9.17, 15) is 4.39 Å². The van der Waals surface area contributed by atoms with Crippen molar-refractivity contribution in [1.29, 1.82) is 0 Å². The van der Waals surface area contributed by atoms with Crippen LogP contribution in [0.2, 0.25) is 0 Å². The summed E-state index contributed by atoms with van der Waals surface area (Å²) in [6.07, 6.45) is 7.19. The SMILES string of the molecule is CC/C=C/C=C1\C(=C(/C)PC)C[C@@H](C)[C@H](F)N1C. The highest BCUT2D eigenvalue weighted by Crippen LogP contribution is 2.39. The van der Waals surface area contributed by atoms with Crippen LogP contribution in [0.25, 0.3) is 0 Å². The number of piperidine rings is 1. The maximum absolute atomic E-state index is 14.1. The number of halogens is 1. The average molecular weight is 269 g/mol. The summed E-state index contributed by atoms with van der Waals surface area (Å²) in [7, 11) is 2.65. The number of hydrogen-bond donors (Lipinski definition) is 0. The molecule has 1 rings (SSSR count). The first-order valence-corrected chi connectivity index (χ1v) is 8.14. The van der Waals surface area contributed by atoms with Gasteiger partial charge in [0.2, 0.25) is 0 Å². The van der Waals surface area contributed by atoms with Crippen molar-refractivity contribution in [1.82, 2.24) is 4.90 Å². The zero-order valence-corrected chi connectivity index (χ0v) is 13.1. The van der Waals surface area contributed by atoms with Crippen molar-refractivity contribution in [2.75, 3.05) is 13.7 Å². The molecular formula is C15H25FNP. The number of hydrogen-bond acceptors (Lipinski definition) is 1. The van der Waals surface area contributed by atoms with Gasteiger partial charge in [0, 0.05) is 18.7 Å². The van der Waals surface area contributed by atoms with Gasteiger partial charge in [0.25, 0.3) is 0 Å². The summed E-state index contributed by atoms with van der Waals surface area (Å²) in [5.41, 5.74) is 2.39. The summed E-state index contributed by atoms with van der Waals surface area (Å²) < 4.78 is 14.1. The van der Waals surface area contributed by atoms with Crippen LogP contribution in [0.1, 0.15) is 33.6 Å². The van der Waals surface area contributed by atoms with E-state index in [1.54, 1.807) is 4.90 Å². The van der Waals surface area contributed by atoms with Crippen LogP contribution in [-0.2, 0) is 0 Å².